The van der Waals surface area contributed by atoms with E-state index in [-0.39, 0.29) is 12.2 Å². The average molecular weight is 365 g/mol. The van der Waals surface area contributed by atoms with Crippen molar-refractivity contribution in [3.05, 3.63) is 63.0 Å². The molecule has 0 saturated carbocycles. The molecule has 0 N–H and O–H groups in total. The van der Waals surface area contributed by atoms with Crippen molar-refractivity contribution in [3.63, 3.8) is 0 Å². The number of fused-ring (bicyclic) bond motifs is 1. The molecule has 2 heterocycles. The maximum atomic E-state index is 12.0. The minimum Gasteiger partial charge on any atom is -0.479 e. The zero-order valence-electron chi connectivity index (χ0n) is 12.6. The predicted molar refractivity (Wildman–Crippen MR) is 90.7 cm³/mol. The van der Waals surface area contributed by atoms with Crippen LogP contribution >= 0.6 is 22.9 Å². The molecule has 0 bridgehead atoms. The summed E-state index contributed by atoms with van der Waals surface area (Å²) in [5, 5.41) is 2.28. The summed E-state index contributed by atoms with van der Waals surface area (Å²) in [5.74, 6) is -0.0773. The molecule has 6 nitrogen and oxygen atoms in total. The molecule has 2 aromatic heterocycles. The standard InChI is InChI=1S/C16H13ClN2O4S/c1-10(23-13-4-2-3-11(17)7-13)15(21)22-9-12-8-14(20)19-5-6-24-16(19)18-12/h2-8,10H,9H2,1H3. The van der Waals surface area contributed by atoms with E-state index >= 15 is 0 Å². The maximum absolute atomic E-state index is 12.0. The molecule has 124 valence electrons. The van der Waals surface area contributed by atoms with Gasteiger partial charge in [-0.3, -0.25) is 9.20 Å². The minimum absolute atomic E-state index is 0.0915. The maximum Gasteiger partial charge on any atom is 0.347 e. The first-order valence-electron chi connectivity index (χ1n) is 7.07. The number of hydrogen-bond acceptors (Lipinski definition) is 6. The zero-order valence-corrected chi connectivity index (χ0v) is 14.2. The Hall–Kier alpha value is -2.38. The fourth-order valence-corrected chi connectivity index (χ4v) is 2.94. The highest BCUT2D eigenvalue weighted by atomic mass is 35.5. The smallest absolute Gasteiger partial charge is 0.347 e. The molecule has 0 aliphatic heterocycles. The minimum atomic E-state index is -0.810. The van der Waals surface area contributed by atoms with E-state index in [1.165, 1.54) is 21.8 Å². The van der Waals surface area contributed by atoms with E-state index in [2.05, 4.69) is 4.98 Å². The lowest BCUT2D eigenvalue weighted by molar-refractivity contribution is -0.152. The van der Waals surface area contributed by atoms with Crippen LogP contribution in [0.15, 0.2) is 46.7 Å². The van der Waals surface area contributed by atoms with Gasteiger partial charge >= 0.3 is 5.97 Å². The third-order valence-electron chi connectivity index (χ3n) is 3.16. The summed E-state index contributed by atoms with van der Waals surface area (Å²) in [6.07, 6.45) is 0.835. The molecule has 3 aromatic rings. The van der Waals surface area contributed by atoms with E-state index in [0.29, 0.717) is 21.4 Å². The molecular formula is C16H13ClN2O4S. The Morgan fingerprint density at radius 1 is 1.42 bits per heavy atom. The summed E-state index contributed by atoms with van der Waals surface area (Å²) in [6.45, 7) is 1.49. The van der Waals surface area contributed by atoms with Crippen LogP contribution in [0.2, 0.25) is 5.02 Å². The summed E-state index contributed by atoms with van der Waals surface area (Å²) in [5.41, 5.74) is 0.182. The first kappa shape index (κ1) is 16.5. The third-order valence-corrected chi connectivity index (χ3v) is 4.15. The Morgan fingerprint density at radius 3 is 3.04 bits per heavy atom. The highest BCUT2D eigenvalue weighted by Gasteiger charge is 2.17. The van der Waals surface area contributed by atoms with E-state index in [1.54, 1.807) is 42.8 Å². The second-order valence-corrected chi connectivity index (χ2v) is 6.28. The Morgan fingerprint density at radius 2 is 2.25 bits per heavy atom. The highest BCUT2D eigenvalue weighted by molar-refractivity contribution is 7.15. The molecule has 8 heteroatoms. The van der Waals surface area contributed by atoms with Gasteiger partial charge in [0.2, 0.25) is 0 Å². The van der Waals surface area contributed by atoms with Crippen LogP contribution in [0.25, 0.3) is 4.96 Å². The van der Waals surface area contributed by atoms with Gasteiger partial charge in [0, 0.05) is 22.7 Å². The lowest BCUT2D eigenvalue weighted by Gasteiger charge is -2.14. The van der Waals surface area contributed by atoms with Crippen molar-refractivity contribution >= 4 is 33.9 Å². The van der Waals surface area contributed by atoms with Crippen LogP contribution in [0, 0.1) is 0 Å². The van der Waals surface area contributed by atoms with Crippen molar-refractivity contribution in [3.8, 4) is 5.75 Å². The molecular weight excluding hydrogens is 352 g/mol. The molecule has 0 spiro atoms. The molecule has 0 radical (unpaired) electrons. The van der Waals surface area contributed by atoms with Crippen LogP contribution < -0.4 is 10.3 Å². The van der Waals surface area contributed by atoms with E-state index in [1.807, 2.05) is 0 Å². The van der Waals surface area contributed by atoms with Crippen molar-refractivity contribution in [1.29, 1.82) is 0 Å². The molecule has 0 aliphatic carbocycles. The number of rotatable bonds is 5. The number of ether oxygens (including phenoxy) is 2. The Labute approximate surface area is 146 Å². The molecule has 1 aromatic carbocycles. The summed E-state index contributed by atoms with van der Waals surface area (Å²) < 4.78 is 12.1. The van der Waals surface area contributed by atoms with Crippen LogP contribution in [-0.2, 0) is 16.1 Å². The Balaban J connectivity index is 1.62. The van der Waals surface area contributed by atoms with E-state index < -0.39 is 12.1 Å². The Kier molecular flexibility index (Phi) is 4.82. The second kappa shape index (κ2) is 7.02. The fraction of sp³-hybridized carbons (Fsp3) is 0.188. The Bertz CT molecular complexity index is 937. The number of hydrogen-bond donors (Lipinski definition) is 0. The van der Waals surface area contributed by atoms with E-state index in [4.69, 9.17) is 21.1 Å². The number of esters is 1. The number of benzene rings is 1. The quantitative estimate of drug-likeness (QED) is 0.651. The van der Waals surface area contributed by atoms with Crippen molar-refractivity contribution < 1.29 is 14.3 Å². The van der Waals surface area contributed by atoms with Crippen molar-refractivity contribution in [2.45, 2.75) is 19.6 Å². The summed E-state index contributed by atoms with van der Waals surface area (Å²) in [6, 6.07) is 8.09. The van der Waals surface area contributed by atoms with Gasteiger partial charge in [-0.1, -0.05) is 17.7 Å². The first-order valence-corrected chi connectivity index (χ1v) is 8.33. The van der Waals surface area contributed by atoms with Gasteiger partial charge in [0.1, 0.15) is 12.4 Å². The first-order chi connectivity index (χ1) is 11.5. The van der Waals surface area contributed by atoms with Gasteiger partial charge in [0.05, 0.1) is 5.69 Å². The summed E-state index contributed by atoms with van der Waals surface area (Å²) >= 11 is 7.20. The average Bonchev–Trinajstić information content (AvgIpc) is 3.01. The molecule has 0 fully saturated rings. The SMILES string of the molecule is CC(Oc1cccc(Cl)c1)C(=O)OCc1cc(=O)n2ccsc2n1. The highest BCUT2D eigenvalue weighted by Crippen LogP contribution is 2.18. The van der Waals surface area contributed by atoms with Crippen LogP contribution in [0.5, 0.6) is 5.75 Å². The molecule has 0 amide bonds. The van der Waals surface area contributed by atoms with Gasteiger partial charge in [-0.15, -0.1) is 11.3 Å². The van der Waals surface area contributed by atoms with Gasteiger partial charge in [0.25, 0.3) is 5.56 Å². The normalized spacial score (nSPS) is 12.1. The van der Waals surface area contributed by atoms with E-state index in [0.717, 1.165) is 0 Å². The molecule has 24 heavy (non-hydrogen) atoms. The van der Waals surface area contributed by atoms with Crippen molar-refractivity contribution in [2.75, 3.05) is 0 Å². The molecule has 3 rings (SSSR count). The van der Waals surface area contributed by atoms with Gasteiger partial charge in [0.15, 0.2) is 11.1 Å². The summed E-state index contributed by atoms with van der Waals surface area (Å²) in [7, 11) is 0. The van der Waals surface area contributed by atoms with Crippen LogP contribution in [0.1, 0.15) is 12.6 Å². The number of nitrogens with zero attached hydrogens (tertiary/aromatic N) is 2. The van der Waals surface area contributed by atoms with Crippen LogP contribution in [-0.4, -0.2) is 21.5 Å². The van der Waals surface area contributed by atoms with Gasteiger partial charge < -0.3 is 9.47 Å². The number of halogens is 1. The molecule has 1 atom stereocenters. The number of aromatic nitrogens is 2. The number of carbonyl (C=O) groups excluding carboxylic acids is 1. The van der Waals surface area contributed by atoms with Crippen molar-refractivity contribution in [2.24, 2.45) is 0 Å². The lowest BCUT2D eigenvalue weighted by Crippen LogP contribution is -2.26. The van der Waals surface area contributed by atoms with Crippen LogP contribution in [0.3, 0.4) is 0 Å². The fourth-order valence-electron chi connectivity index (χ4n) is 2.02. The monoisotopic (exact) mass is 364 g/mol. The van der Waals surface area contributed by atoms with E-state index in [9.17, 15) is 9.59 Å². The second-order valence-electron chi connectivity index (χ2n) is 4.97. The largest absolute Gasteiger partial charge is 0.479 e. The van der Waals surface area contributed by atoms with Crippen molar-refractivity contribution in [1.82, 2.24) is 9.38 Å². The summed E-state index contributed by atoms with van der Waals surface area (Å²) in [4.78, 5) is 28.7. The van der Waals surface area contributed by atoms with Gasteiger partial charge in [-0.25, -0.2) is 9.78 Å². The molecule has 0 aliphatic rings. The third kappa shape index (κ3) is 3.74. The lowest BCUT2D eigenvalue weighted by atomic mass is 10.3. The number of carbonyl (C=O) groups is 1. The molecule has 1 unspecified atom stereocenters. The predicted octanol–water partition coefficient (Wildman–Crippen LogP) is 2.92. The molecule has 0 saturated heterocycles. The zero-order chi connectivity index (χ0) is 17.1. The van der Waals surface area contributed by atoms with Gasteiger partial charge in [-0.05, 0) is 25.1 Å². The topological polar surface area (TPSA) is 69.9 Å². The van der Waals surface area contributed by atoms with Crippen LogP contribution in [0.4, 0.5) is 0 Å². The number of thiazole rings is 1. The van der Waals surface area contributed by atoms with Gasteiger partial charge in [-0.2, -0.15) is 0 Å².